The maximum Gasteiger partial charge on any atom is 0.274 e. The van der Waals surface area contributed by atoms with Crippen LogP contribution in [0.25, 0.3) is 10.8 Å². The summed E-state index contributed by atoms with van der Waals surface area (Å²) < 4.78 is 5.04. The number of aliphatic hydroxyl groups excluding tert-OH is 1. The van der Waals surface area contributed by atoms with E-state index >= 15 is 0 Å². The third-order valence-corrected chi connectivity index (χ3v) is 7.66. The number of nitrogens with one attached hydrogen (secondary N) is 4. The Bertz CT molecular complexity index is 1430. The van der Waals surface area contributed by atoms with Crippen LogP contribution in [-0.2, 0) is 20.8 Å². The van der Waals surface area contributed by atoms with Gasteiger partial charge in [0.1, 0.15) is 17.8 Å². The van der Waals surface area contributed by atoms with E-state index in [9.17, 15) is 24.3 Å². The van der Waals surface area contributed by atoms with Crippen molar-refractivity contribution >= 4 is 34.4 Å². The Balaban J connectivity index is 1.53. The summed E-state index contributed by atoms with van der Waals surface area (Å²) in [4.78, 5) is 52.6. The van der Waals surface area contributed by atoms with E-state index < -0.39 is 35.8 Å². The average Bonchev–Trinajstić information content (AvgIpc) is 3.43. The molecule has 1 saturated heterocycles. The lowest BCUT2D eigenvalue weighted by Gasteiger charge is -2.28. The summed E-state index contributed by atoms with van der Waals surface area (Å²) >= 11 is 0. The van der Waals surface area contributed by atoms with Gasteiger partial charge < -0.3 is 30.9 Å². The van der Waals surface area contributed by atoms with Crippen molar-refractivity contribution < 1.29 is 28.8 Å². The molecule has 43 heavy (non-hydrogen) atoms. The molecule has 4 rings (SSSR count). The highest BCUT2D eigenvalue weighted by Crippen LogP contribution is 2.21. The second-order valence-corrected chi connectivity index (χ2v) is 11.6. The number of nitrogens with zero attached hydrogens (tertiary/aromatic N) is 1. The van der Waals surface area contributed by atoms with Crippen LogP contribution in [0.3, 0.4) is 0 Å². The smallest absolute Gasteiger partial charge is 0.274 e. The summed E-state index contributed by atoms with van der Waals surface area (Å²) in [5, 5.41) is 27.0. The van der Waals surface area contributed by atoms with Gasteiger partial charge in [0, 0.05) is 24.9 Å². The number of aliphatic hydroxyl groups is 1. The van der Waals surface area contributed by atoms with Gasteiger partial charge in [-0.1, -0.05) is 61.5 Å². The van der Waals surface area contributed by atoms with E-state index in [4.69, 9.17) is 4.52 Å². The molecule has 1 aliphatic rings. The molecule has 0 radical (unpaired) electrons. The van der Waals surface area contributed by atoms with Crippen molar-refractivity contribution in [1.82, 2.24) is 26.4 Å². The fourth-order valence-corrected chi connectivity index (χ4v) is 5.47. The van der Waals surface area contributed by atoms with E-state index in [0.29, 0.717) is 31.6 Å². The van der Waals surface area contributed by atoms with Crippen LogP contribution in [0.2, 0.25) is 0 Å². The van der Waals surface area contributed by atoms with Crippen LogP contribution >= 0.6 is 0 Å². The lowest BCUT2D eigenvalue weighted by atomic mass is 9.91. The van der Waals surface area contributed by atoms with E-state index in [0.717, 1.165) is 22.8 Å². The number of hydrogen-bond acceptors (Lipinski definition) is 7. The molecule has 2 aromatic carbocycles. The number of aromatic nitrogens is 1. The number of benzene rings is 2. The highest BCUT2D eigenvalue weighted by atomic mass is 16.5. The van der Waals surface area contributed by atoms with Crippen LogP contribution in [0.1, 0.15) is 61.3 Å². The third kappa shape index (κ3) is 8.63. The lowest BCUT2D eigenvalue weighted by molar-refractivity contribution is -0.131. The van der Waals surface area contributed by atoms with E-state index in [-0.39, 0.29) is 36.5 Å². The summed E-state index contributed by atoms with van der Waals surface area (Å²) in [5.74, 6) is -1.44. The number of hydrogen-bond donors (Lipinski definition) is 5. The molecule has 5 N–H and O–H groups in total. The highest BCUT2D eigenvalue weighted by Gasteiger charge is 2.31. The molecule has 0 aliphatic carbocycles. The van der Waals surface area contributed by atoms with Crippen molar-refractivity contribution in [3.63, 3.8) is 0 Å². The van der Waals surface area contributed by atoms with Gasteiger partial charge in [-0.2, -0.15) is 0 Å². The van der Waals surface area contributed by atoms with Crippen LogP contribution in [0.15, 0.2) is 53.1 Å². The van der Waals surface area contributed by atoms with Crippen molar-refractivity contribution in [2.45, 2.75) is 71.0 Å². The van der Waals surface area contributed by atoms with Gasteiger partial charge in [0.2, 0.25) is 17.7 Å². The summed E-state index contributed by atoms with van der Waals surface area (Å²) in [7, 11) is 0. The van der Waals surface area contributed by atoms with Crippen LogP contribution in [0.4, 0.5) is 0 Å². The quantitative estimate of drug-likeness (QED) is 0.204. The maximum atomic E-state index is 13.8. The zero-order valence-electron chi connectivity index (χ0n) is 24.9. The summed E-state index contributed by atoms with van der Waals surface area (Å²) in [5.41, 5.74) is 0.896. The van der Waals surface area contributed by atoms with Gasteiger partial charge in [-0.05, 0) is 54.9 Å². The lowest BCUT2D eigenvalue weighted by Crippen LogP contribution is -2.56. The van der Waals surface area contributed by atoms with Crippen LogP contribution < -0.4 is 21.3 Å². The molecule has 11 heteroatoms. The fraction of sp³-hybridized carbons (Fsp3) is 0.469. The molecular weight excluding hydrogens is 550 g/mol. The minimum absolute atomic E-state index is 0.0437. The molecular formula is C32H41N5O6. The molecule has 0 spiro atoms. The largest absolute Gasteiger partial charge is 0.394 e. The molecule has 3 aromatic rings. The number of piperidine rings is 1. The second kappa shape index (κ2) is 14.8. The Morgan fingerprint density at radius 1 is 1.05 bits per heavy atom. The molecule has 0 bridgehead atoms. The monoisotopic (exact) mass is 591 g/mol. The van der Waals surface area contributed by atoms with Crippen molar-refractivity contribution in [3.05, 3.63) is 65.5 Å². The van der Waals surface area contributed by atoms with Gasteiger partial charge in [-0.3, -0.25) is 19.2 Å². The Kier molecular flexibility index (Phi) is 10.9. The van der Waals surface area contributed by atoms with E-state index in [1.54, 1.807) is 6.92 Å². The van der Waals surface area contributed by atoms with Gasteiger partial charge >= 0.3 is 0 Å². The second-order valence-electron chi connectivity index (χ2n) is 11.6. The van der Waals surface area contributed by atoms with Crippen LogP contribution in [0.5, 0.6) is 0 Å². The number of amides is 4. The Hall–Kier alpha value is -4.25. The fourth-order valence-electron chi connectivity index (χ4n) is 5.47. The van der Waals surface area contributed by atoms with Gasteiger partial charge in [0.05, 0.1) is 12.6 Å². The molecule has 230 valence electrons. The molecule has 1 aromatic heterocycles. The SMILES string of the molecule is Cc1cc(C(=O)NC(Cc2cccc3ccccc23)C(=O)NC(CC(C)C)C(=O)NC(CO)CC2CCCNC2=O)no1. The summed E-state index contributed by atoms with van der Waals surface area (Å²) in [6.45, 7) is 5.82. The maximum absolute atomic E-state index is 13.8. The van der Waals surface area contributed by atoms with Gasteiger partial charge in [-0.15, -0.1) is 0 Å². The number of carbonyl (C=O) groups excluding carboxylic acids is 4. The zero-order valence-corrected chi connectivity index (χ0v) is 24.9. The molecule has 11 nitrogen and oxygen atoms in total. The summed E-state index contributed by atoms with van der Waals surface area (Å²) in [6.07, 6.45) is 2.32. The van der Waals surface area contributed by atoms with E-state index in [2.05, 4.69) is 26.4 Å². The molecule has 0 saturated carbocycles. The van der Waals surface area contributed by atoms with Crippen molar-refractivity contribution in [2.24, 2.45) is 11.8 Å². The highest BCUT2D eigenvalue weighted by molar-refractivity contribution is 5.97. The topological polar surface area (TPSA) is 163 Å². The minimum atomic E-state index is -1.03. The molecule has 1 aliphatic heterocycles. The molecule has 2 heterocycles. The van der Waals surface area contributed by atoms with Crippen LogP contribution in [0, 0.1) is 18.8 Å². The molecule has 1 fully saturated rings. The predicted molar refractivity (Wildman–Crippen MR) is 161 cm³/mol. The van der Waals surface area contributed by atoms with Gasteiger partial charge in [-0.25, -0.2) is 0 Å². The Labute approximate surface area is 251 Å². The van der Waals surface area contributed by atoms with E-state index in [1.165, 1.54) is 6.07 Å². The first-order valence-electron chi connectivity index (χ1n) is 14.8. The first-order chi connectivity index (χ1) is 20.6. The number of fused-ring (bicyclic) bond motifs is 1. The van der Waals surface area contributed by atoms with Crippen molar-refractivity contribution in [1.29, 1.82) is 0 Å². The minimum Gasteiger partial charge on any atom is -0.394 e. The van der Waals surface area contributed by atoms with Crippen LogP contribution in [-0.4, -0.2) is 65.2 Å². The third-order valence-electron chi connectivity index (χ3n) is 7.66. The van der Waals surface area contributed by atoms with E-state index in [1.807, 2.05) is 56.3 Å². The summed E-state index contributed by atoms with van der Waals surface area (Å²) in [6, 6.07) is 12.4. The Morgan fingerprint density at radius 2 is 1.79 bits per heavy atom. The van der Waals surface area contributed by atoms with Crippen molar-refractivity contribution in [3.8, 4) is 0 Å². The molecule has 4 unspecified atom stereocenters. The number of aryl methyl sites for hydroxylation is 1. The molecule has 4 amide bonds. The standard InChI is InChI=1S/C32H41N5O6/c1-19(2)14-26(30(40)34-24(18-38)16-23-11-7-13-33-29(23)39)35-31(41)27(36-32(42)28-15-20(3)43-37-28)17-22-10-6-9-21-8-4-5-12-25(21)22/h4-6,8-10,12,15,19,23-24,26-27,38H,7,11,13-14,16-18H2,1-3H3,(H,33,39)(H,34,40)(H,35,41)(H,36,42). The Morgan fingerprint density at radius 3 is 2.49 bits per heavy atom. The normalized spacial score (nSPS) is 17.1. The first-order valence-corrected chi connectivity index (χ1v) is 14.8. The molecule has 4 atom stereocenters. The predicted octanol–water partition coefficient (Wildman–Crippen LogP) is 2.40. The van der Waals surface area contributed by atoms with Gasteiger partial charge in [0.15, 0.2) is 5.69 Å². The number of carbonyl (C=O) groups is 4. The number of rotatable bonds is 13. The zero-order chi connectivity index (χ0) is 30.9. The van der Waals surface area contributed by atoms with Gasteiger partial charge in [0.25, 0.3) is 5.91 Å². The van der Waals surface area contributed by atoms with Crippen molar-refractivity contribution in [2.75, 3.05) is 13.2 Å². The average molecular weight is 592 g/mol. The first kappa shape index (κ1) is 31.7.